The fraction of sp³-hybridized carbons (Fsp3) is 0.462. The van der Waals surface area contributed by atoms with Gasteiger partial charge < -0.3 is 5.32 Å². The minimum absolute atomic E-state index is 0.364. The topological polar surface area (TPSA) is 42.0 Å². The van der Waals surface area contributed by atoms with E-state index in [-0.39, 0.29) is 0 Å². The normalized spacial score (nSPS) is 14.7. The number of hydrogen-bond donors (Lipinski definition) is 1. The largest absolute Gasteiger partial charge is 0.309 e. The number of thiophene rings is 1. The lowest BCUT2D eigenvalue weighted by molar-refractivity contribution is 0.538. The van der Waals surface area contributed by atoms with Crippen molar-refractivity contribution in [3.8, 4) is 0 Å². The summed E-state index contributed by atoms with van der Waals surface area (Å²) >= 11 is 7.74. The van der Waals surface area contributed by atoms with Crippen LogP contribution in [0.25, 0.3) is 10.1 Å². The van der Waals surface area contributed by atoms with Crippen LogP contribution < -0.4 is 5.32 Å². The quantitative estimate of drug-likeness (QED) is 0.832. The molecule has 2 heterocycles. The fourth-order valence-electron chi connectivity index (χ4n) is 1.79. The van der Waals surface area contributed by atoms with E-state index in [9.17, 15) is 4.21 Å². The molecule has 0 saturated heterocycles. The van der Waals surface area contributed by atoms with E-state index in [0.717, 1.165) is 28.8 Å². The van der Waals surface area contributed by atoms with E-state index in [0.29, 0.717) is 11.2 Å². The minimum Gasteiger partial charge on any atom is -0.309 e. The van der Waals surface area contributed by atoms with Crippen LogP contribution in [-0.2, 0) is 17.3 Å². The fourth-order valence-corrected chi connectivity index (χ4v) is 3.74. The van der Waals surface area contributed by atoms with E-state index in [1.54, 1.807) is 23.8 Å². The summed E-state index contributed by atoms with van der Waals surface area (Å²) in [6.07, 6.45) is 4.40. The molecule has 104 valence electrons. The van der Waals surface area contributed by atoms with E-state index >= 15 is 0 Å². The van der Waals surface area contributed by atoms with Crippen LogP contribution in [0.1, 0.15) is 18.2 Å². The third-order valence-electron chi connectivity index (χ3n) is 2.90. The first kappa shape index (κ1) is 14.9. The third kappa shape index (κ3) is 4.24. The number of hydrogen-bond acceptors (Lipinski definition) is 4. The van der Waals surface area contributed by atoms with Crippen molar-refractivity contribution >= 4 is 43.8 Å². The van der Waals surface area contributed by atoms with Gasteiger partial charge in [0.15, 0.2) is 0 Å². The molecule has 0 bridgehead atoms. The van der Waals surface area contributed by atoms with Gasteiger partial charge in [-0.3, -0.25) is 4.21 Å². The maximum atomic E-state index is 11.0. The number of nitrogens with zero attached hydrogens (tertiary/aromatic N) is 1. The third-order valence-corrected chi connectivity index (χ3v) is 5.27. The summed E-state index contributed by atoms with van der Waals surface area (Å²) < 4.78 is 12.1. The molecule has 0 saturated carbocycles. The summed E-state index contributed by atoms with van der Waals surface area (Å²) in [7, 11) is -0.713. The van der Waals surface area contributed by atoms with E-state index < -0.39 is 10.8 Å². The van der Waals surface area contributed by atoms with E-state index in [2.05, 4.69) is 23.3 Å². The molecule has 0 amide bonds. The second-order valence-corrected chi connectivity index (χ2v) is 7.63. The average Bonchev–Trinajstić information content (AvgIpc) is 2.78. The molecule has 2 atom stereocenters. The van der Waals surface area contributed by atoms with E-state index in [1.807, 2.05) is 6.07 Å². The Labute approximate surface area is 124 Å². The Balaban J connectivity index is 1.94. The molecule has 0 aliphatic carbocycles. The lowest BCUT2D eigenvalue weighted by Gasteiger charge is -2.11. The lowest BCUT2D eigenvalue weighted by atomic mass is 10.2. The number of nitrogens with one attached hydrogen (secondary N) is 1. The molecule has 19 heavy (non-hydrogen) atoms. The summed E-state index contributed by atoms with van der Waals surface area (Å²) in [5.41, 5.74) is 0. The maximum absolute atomic E-state index is 11.0. The molecule has 0 radical (unpaired) electrons. The SMILES string of the molecule is CC(CCS(C)=O)NCc1cc2ccnc(Cl)c2s1. The van der Waals surface area contributed by atoms with Crippen molar-refractivity contribution in [2.75, 3.05) is 12.0 Å². The molecule has 0 spiro atoms. The highest BCUT2D eigenvalue weighted by molar-refractivity contribution is 7.84. The summed E-state index contributed by atoms with van der Waals surface area (Å²) in [4.78, 5) is 5.33. The standard InChI is InChI=1S/C13H17ClN2OS2/c1-9(4-6-19(2)17)16-8-11-7-10-3-5-15-13(14)12(10)18-11/h3,5,7,9,16H,4,6,8H2,1-2H3. The maximum Gasteiger partial charge on any atom is 0.146 e. The van der Waals surface area contributed by atoms with Crippen LogP contribution in [0, 0.1) is 0 Å². The van der Waals surface area contributed by atoms with E-state index in [4.69, 9.17) is 11.6 Å². The van der Waals surface area contributed by atoms with Crippen LogP contribution >= 0.6 is 22.9 Å². The van der Waals surface area contributed by atoms with Crippen molar-refractivity contribution in [3.63, 3.8) is 0 Å². The van der Waals surface area contributed by atoms with Gasteiger partial charge in [0, 0.05) is 46.5 Å². The van der Waals surface area contributed by atoms with Gasteiger partial charge in [0.2, 0.25) is 0 Å². The van der Waals surface area contributed by atoms with Crippen LogP contribution in [0.2, 0.25) is 5.15 Å². The average molecular weight is 317 g/mol. The molecule has 0 aliphatic rings. The van der Waals surface area contributed by atoms with Gasteiger partial charge in [0.05, 0.1) is 4.70 Å². The van der Waals surface area contributed by atoms with E-state index in [1.165, 1.54) is 4.88 Å². The smallest absolute Gasteiger partial charge is 0.146 e. The Kier molecular flexibility index (Phi) is 5.33. The van der Waals surface area contributed by atoms with Crippen LogP contribution in [0.4, 0.5) is 0 Å². The Bertz CT molecular complexity index is 585. The van der Waals surface area contributed by atoms with Gasteiger partial charge in [0.1, 0.15) is 5.15 Å². The van der Waals surface area contributed by atoms with Crippen molar-refractivity contribution in [1.82, 2.24) is 10.3 Å². The minimum atomic E-state index is -0.713. The summed E-state index contributed by atoms with van der Waals surface area (Å²) in [5.74, 6) is 0.746. The molecule has 2 unspecified atom stereocenters. The van der Waals surface area contributed by atoms with Crippen LogP contribution in [0.15, 0.2) is 18.3 Å². The summed E-state index contributed by atoms with van der Waals surface area (Å²) in [6.45, 7) is 2.93. The monoisotopic (exact) mass is 316 g/mol. The van der Waals surface area contributed by atoms with Crippen LogP contribution in [0.3, 0.4) is 0 Å². The van der Waals surface area contributed by atoms with Gasteiger partial charge in [-0.05, 0) is 30.9 Å². The van der Waals surface area contributed by atoms with Crippen molar-refractivity contribution in [2.45, 2.75) is 25.9 Å². The Hall–Kier alpha value is -0.490. The molecular weight excluding hydrogens is 300 g/mol. The molecule has 0 aliphatic heterocycles. The summed E-state index contributed by atoms with van der Waals surface area (Å²) in [6, 6.07) is 4.48. The molecule has 2 aromatic heterocycles. The molecule has 6 heteroatoms. The second-order valence-electron chi connectivity index (χ2n) is 4.58. The molecule has 2 rings (SSSR count). The number of fused-ring (bicyclic) bond motifs is 1. The van der Waals surface area contributed by atoms with Crippen molar-refractivity contribution in [3.05, 3.63) is 28.4 Å². The molecular formula is C13H17ClN2OS2. The predicted molar refractivity (Wildman–Crippen MR) is 84.5 cm³/mol. The number of rotatable bonds is 6. The highest BCUT2D eigenvalue weighted by Gasteiger charge is 2.07. The van der Waals surface area contributed by atoms with Gasteiger partial charge in [-0.15, -0.1) is 11.3 Å². The molecule has 2 aromatic rings. The zero-order valence-electron chi connectivity index (χ0n) is 11.0. The lowest BCUT2D eigenvalue weighted by Crippen LogP contribution is -2.26. The highest BCUT2D eigenvalue weighted by atomic mass is 35.5. The first-order valence-corrected chi connectivity index (χ1v) is 9.05. The van der Waals surface area contributed by atoms with Gasteiger partial charge in [-0.1, -0.05) is 11.6 Å². The number of aromatic nitrogens is 1. The number of halogens is 1. The van der Waals surface area contributed by atoms with Gasteiger partial charge in [0.25, 0.3) is 0 Å². The highest BCUT2D eigenvalue weighted by Crippen LogP contribution is 2.30. The van der Waals surface area contributed by atoms with Crippen molar-refractivity contribution in [2.24, 2.45) is 0 Å². The second kappa shape index (κ2) is 6.79. The Morgan fingerprint density at radius 1 is 1.58 bits per heavy atom. The van der Waals surface area contributed by atoms with Gasteiger partial charge in [-0.2, -0.15) is 0 Å². The zero-order chi connectivity index (χ0) is 13.8. The van der Waals surface area contributed by atoms with Crippen molar-refractivity contribution < 1.29 is 4.21 Å². The molecule has 1 N–H and O–H groups in total. The van der Waals surface area contributed by atoms with Gasteiger partial charge >= 0.3 is 0 Å². The van der Waals surface area contributed by atoms with Crippen LogP contribution in [-0.4, -0.2) is 27.2 Å². The van der Waals surface area contributed by atoms with Crippen LogP contribution in [0.5, 0.6) is 0 Å². The zero-order valence-corrected chi connectivity index (χ0v) is 13.4. The molecule has 0 fully saturated rings. The summed E-state index contributed by atoms with van der Waals surface area (Å²) in [5, 5.41) is 5.16. The Morgan fingerprint density at radius 2 is 2.37 bits per heavy atom. The van der Waals surface area contributed by atoms with Crippen molar-refractivity contribution in [1.29, 1.82) is 0 Å². The first-order chi connectivity index (χ1) is 9.06. The first-order valence-electron chi connectivity index (χ1n) is 6.12. The number of pyridine rings is 1. The molecule has 3 nitrogen and oxygen atoms in total. The predicted octanol–water partition coefficient (Wildman–Crippen LogP) is 3.20. The van der Waals surface area contributed by atoms with Gasteiger partial charge in [-0.25, -0.2) is 4.98 Å². The molecule has 0 aromatic carbocycles. The Morgan fingerprint density at radius 3 is 3.05 bits per heavy atom.